The first kappa shape index (κ1) is 16.1. The van der Waals surface area contributed by atoms with Crippen LogP contribution in [0.3, 0.4) is 0 Å². The van der Waals surface area contributed by atoms with Gasteiger partial charge >= 0.3 is 0 Å². The van der Waals surface area contributed by atoms with E-state index in [1.54, 1.807) is 12.3 Å². The summed E-state index contributed by atoms with van der Waals surface area (Å²) in [5.41, 5.74) is 1.29. The summed E-state index contributed by atoms with van der Waals surface area (Å²) in [7, 11) is 0. The Kier molecular flexibility index (Phi) is 4.44. The molecule has 1 amide bonds. The first-order valence-electron chi connectivity index (χ1n) is 8.42. The molecule has 0 radical (unpaired) electrons. The van der Waals surface area contributed by atoms with Crippen LogP contribution in [-0.4, -0.2) is 33.9 Å². The Morgan fingerprint density at radius 2 is 2.00 bits per heavy atom. The van der Waals surface area contributed by atoms with Crippen molar-refractivity contribution in [2.45, 2.75) is 29.2 Å². The summed E-state index contributed by atoms with van der Waals surface area (Å²) in [6.45, 7) is 1.55. The van der Waals surface area contributed by atoms with Crippen molar-refractivity contribution in [3.63, 3.8) is 0 Å². The Hall–Kier alpha value is -2.34. The van der Waals surface area contributed by atoms with Gasteiger partial charge in [0.05, 0.1) is 4.90 Å². The molecule has 1 fully saturated rings. The SMILES string of the molecule is O=C(c1[nH]c2ccc(F)cc2c1Sc1ccccn1)N1CCCCC1. The van der Waals surface area contributed by atoms with Gasteiger partial charge in [0.1, 0.15) is 16.5 Å². The molecule has 1 N–H and O–H groups in total. The zero-order valence-corrected chi connectivity index (χ0v) is 14.5. The molecule has 1 aromatic carbocycles. The van der Waals surface area contributed by atoms with Crippen LogP contribution in [-0.2, 0) is 0 Å². The second-order valence-electron chi connectivity index (χ2n) is 6.14. The van der Waals surface area contributed by atoms with Crippen molar-refractivity contribution in [3.05, 3.63) is 54.1 Å². The number of carbonyl (C=O) groups excluding carboxylic acids is 1. The lowest BCUT2D eigenvalue weighted by Crippen LogP contribution is -2.36. The normalized spacial score (nSPS) is 14.8. The van der Waals surface area contributed by atoms with Gasteiger partial charge in [0, 0.05) is 30.2 Å². The van der Waals surface area contributed by atoms with Crippen LogP contribution in [0.15, 0.2) is 52.5 Å². The lowest BCUT2D eigenvalue weighted by molar-refractivity contribution is 0.0716. The van der Waals surface area contributed by atoms with Crippen molar-refractivity contribution in [3.8, 4) is 0 Å². The van der Waals surface area contributed by atoms with Crippen LogP contribution < -0.4 is 0 Å². The molecule has 128 valence electrons. The largest absolute Gasteiger partial charge is 0.350 e. The predicted molar refractivity (Wildman–Crippen MR) is 96.4 cm³/mol. The number of H-pyrrole nitrogens is 1. The number of nitrogens with one attached hydrogen (secondary N) is 1. The Labute approximate surface area is 149 Å². The Morgan fingerprint density at radius 1 is 1.16 bits per heavy atom. The molecular formula is C19H18FN3OS. The van der Waals surface area contributed by atoms with Crippen molar-refractivity contribution in [1.29, 1.82) is 0 Å². The number of piperidine rings is 1. The number of likely N-dealkylation sites (tertiary alicyclic amines) is 1. The minimum atomic E-state index is -0.314. The molecule has 0 bridgehead atoms. The molecule has 1 aliphatic rings. The summed E-state index contributed by atoms with van der Waals surface area (Å²) in [6, 6.07) is 10.2. The zero-order valence-electron chi connectivity index (χ0n) is 13.7. The maximum Gasteiger partial charge on any atom is 0.271 e. The van der Waals surface area contributed by atoms with Crippen LogP contribution in [0.4, 0.5) is 4.39 Å². The average Bonchev–Trinajstić information content (AvgIpc) is 3.00. The van der Waals surface area contributed by atoms with Gasteiger partial charge in [0.2, 0.25) is 0 Å². The highest BCUT2D eigenvalue weighted by Gasteiger charge is 2.25. The van der Waals surface area contributed by atoms with Crippen LogP contribution in [0.5, 0.6) is 0 Å². The fourth-order valence-corrected chi connectivity index (χ4v) is 4.15. The lowest BCUT2D eigenvalue weighted by atomic mass is 10.1. The van der Waals surface area contributed by atoms with Crippen LogP contribution in [0.2, 0.25) is 0 Å². The quantitative estimate of drug-likeness (QED) is 0.754. The number of amides is 1. The number of hydrogen-bond donors (Lipinski definition) is 1. The van der Waals surface area contributed by atoms with Gasteiger partial charge in [-0.2, -0.15) is 0 Å². The summed E-state index contributed by atoms with van der Waals surface area (Å²) < 4.78 is 13.8. The number of aromatic amines is 1. The van der Waals surface area contributed by atoms with Gasteiger partial charge in [-0.05, 0) is 49.6 Å². The van der Waals surface area contributed by atoms with E-state index >= 15 is 0 Å². The second kappa shape index (κ2) is 6.88. The maximum atomic E-state index is 13.8. The van der Waals surface area contributed by atoms with Gasteiger partial charge in [-0.15, -0.1) is 0 Å². The van der Waals surface area contributed by atoms with Gasteiger partial charge in [0.25, 0.3) is 5.91 Å². The molecule has 2 aromatic heterocycles. The summed E-state index contributed by atoms with van der Waals surface area (Å²) >= 11 is 1.39. The monoisotopic (exact) mass is 355 g/mol. The fourth-order valence-electron chi connectivity index (χ4n) is 3.16. The fraction of sp³-hybridized carbons (Fsp3) is 0.263. The Balaban J connectivity index is 1.79. The first-order chi connectivity index (χ1) is 12.2. The van der Waals surface area contributed by atoms with Crippen molar-refractivity contribution in [2.75, 3.05) is 13.1 Å². The third-order valence-corrected chi connectivity index (χ3v) is 5.49. The van der Waals surface area contributed by atoms with E-state index in [9.17, 15) is 9.18 Å². The summed E-state index contributed by atoms with van der Waals surface area (Å²) in [4.78, 5) is 23.2. The van der Waals surface area contributed by atoms with Crippen molar-refractivity contribution < 1.29 is 9.18 Å². The molecule has 3 aromatic rings. The number of nitrogens with zero attached hydrogens (tertiary/aromatic N) is 2. The van der Waals surface area contributed by atoms with Gasteiger partial charge in [-0.3, -0.25) is 4.79 Å². The van der Waals surface area contributed by atoms with Crippen molar-refractivity contribution in [2.24, 2.45) is 0 Å². The Bertz CT molecular complexity index is 904. The van der Waals surface area contributed by atoms with Crippen molar-refractivity contribution in [1.82, 2.24) is 14.9 Å². The number of carbonyl (C=O) groups is 1. The minimum absolute atomic E-state index is 0.0188. The first-order valence-corrected chi connectivity index (χ1v) is 9.23. The summed E-state index contributed by atoms with van der Waals surface area (Å²) in [5.74, 6) is -0.332. The summed E-state index contributed by atoms with van der Waals surface area (Å²) in [6.07, 6.45) is 4.94. The zero-order chi connectivity index (χ0) is 17.2. The number of halogens is 1. The van der Waals surface area contributed by atoms with Gasteiger partial charge < -0.3 is 9.88 Å². The third kappa shape index (κ3) is 3.26. The maximum absolute atomic E-state index is 13.8. The number of rotatable bonds is 3. The summed E-state index contributed by atoms with van der Waals surface area (Å²) in [5, 5.41) is 1.50. The number of pyridine rings is 1. The van der Waals surface area contributed by atoms with Gasteiger partial charge in [-0.25, -0.2) is 9.37 Å². The molecule has 0 saturated carbocycles. The molecule has 4 rings (SSSR count). The van der Waals surface area contributed by atoms with E-state index in [4.69, 9.17) is 0 Å². The molecule has 0 atom stereocenters. The van der Waals surface area contributed by atoms with E-state index in [0.717, 1.165) is 53.2 Å². The number of hydrogen-bond acceptors (Lipinski definition) is 3. The van der Waals surface area contributed by atoms with Crippen LogP contribution in [0, 0.1) is 5.82 Å². The third-order valence-electron chi connectivity index (χ3n) is 4.41. The number of benzene rings is 1. The average molecular weight is 355 g/mol. The van der Waals surface area contributed by atoms with E-state index in [1.165, 1.54) is 23.9 Å². The second-order valence-corrected chi connectivity index (χ2v) is 7.17. The molecular weight excluding hydrogens is 337 g/mol. The Morgan fingerprint density at radius 3 is 2.76 bits per heavy atom. The van der Waals surface area contributed by atoms with Crippen LogP contribution in [0.1, 0.15) is 29.8 Å². The molecule has 0 unspecified atom stereocenters. The van der Waals surface area contributed by atoms with E-state index in [1.807, 2.05) is 23.1 Å². The van der Waals surface area contributed by atoms with Gasteiger partial charge in [0.15, 0.2) is 0 Å². The van der Waals surface area contributed by atoms with Crippen LogP contribution in [0.25, 0.3) is 10.9 Å². The van der Waals surface area contributed by atoms with E-state index in [0.29, 0.717) is 5.69 Å². The predicted octanol–water partition coefficient (Wildman–Crippen LogP) is 4.48. The molecule has 1 aliphatic heterocycles. The number of fused-ring (bicyclic) bond motifs is 1. The molecule has 3 heterocycles. The highest BCUT2D eigenvalue weighted by molar-refractivity contribution is 7.99. The van der Waals surface area contributed by atoms with E-state index < -0.39 is 0 Å². The molecule has 0 aliphatic carbocycles. The standard InChI is InChI=1S/C19H18FN3OS/c20-13-7-8-15-14(12-13)18(25-16-6-2-3-9-21-16)17(22-15)19(24)23-10-4-1-5-11-23/h2-3,6-9,12,22H,1,4-5,10-11H2. The molecule has 4 nitrogen and oxygen atoms in total. The van der Waals surface area contributed by atoms with Crippen molar-refractivity contribution >= 4 is 28.6 Å². The molecule has 6 heteroatoms. The van der Waals surface area contributed by atoms with E-state index in [-0.39, 0.29) is 11.7 Å². The lowest BCUT2D eigenvalue weighted by Gasteiger charge is -2.26. The topological polar surface area (TPSA) is 49.0 Å². The van der Waals surface area contributed by atoms with Gasteiger partial charge in [-0.1, -0.05) is 17.8 Å². The molecule has 1 saturated heterocycles. The molecule has 0 spiro atoms. The number of aromatic nitrogens is 2. The highest BCUT2D eigenvalue weighted by Crippen LogP contribution is 2.37. The highest BCUT2D eigenvalue weighted by atomic mass is 32.2. The van der Waals surface area contributed by atoms with Crippen LogP contribution >= 0.6 is 11.8 Å². The van der Waals surface area contributed by atoms with E-state index in [2.05, 4.69) is 9.97 Å². The molecule has 25 heavy (non-hydrogen) atoms. The minimum Gasteiger partial charge on any atom is -0.350 e. The smallest absolute Gasteiger partial charge is 0.271 e.